The number of hydrogen-bond acceptors (Lipinski definition) is 3. The number of amides is 1. The van der Waals surface area contributed by atoms with Crippen molar-refractivity contribution in [2.75, 3.05) is 18.8 Å². The van der Waals surface area contributed by atoms with E-state index < -0.39 is 0 Å². The van der Waals surface area contributed by atoms with Gasteiger partial charge < -0.3 is 11.1 Å². The van der Waals surface area contributed by atoms with E-state index >= 15 is 0 Å². The second kappa shape index (κ2) is 6.50. The second-order valence-corrected chi connectivity index (χ2v) is 6.63. The lowest BCUT2D eigenvalue weighted by Crippen LogP contribution is -2.39. The lowest BCUT2D eigenvalue weighted by molar-refractivity contribution is -0.124. The first kappa shape index (κ1) is 13.8. The molecule has 0 saturated carbocycles. The largest absolute Gasteiger partial charge is 0.354 e. The Morgan fingerprint density at radius 1 is 1.62 bits per heavy atom. The van der Waals surface area contributed by atoms with Crippen LogP contribution >= 0.6 is 11.8 Å². The van der Waals surface area contributed by atoms with Gasteiger partial charge in [0.1, 0.15) is 0 Å². The Morgan fingerprint density at radius 2 is 2.38 bits per heavy atom. The van der Waals surface area contributed by atoms with E-state index in [1.165, 1.54) is 18.6 Å². The third kappa shape index (κ3) is 4.34. The summed E-state index contributed by atoms with van der Waals surface area (Å²) in [5, 5.41) is 3.07. The van der Waals surface area contributed by atoms with Crippen LogP contribution in [0.15, 0.2) is 0 Å². The molecule has 0 spiro atoms. The van der Waals surface area contributed by atoms with Crippen molar-refractivity contribution in [2.24, 2.45) is 11.7 Å². The molecule has 1 heterocycles. The topological polar surface area (TPSA) is 55.1 Å². The van der Waals surface area contributed by atoms with Gasteiger partial charge in [-0.2, -0.15) is 11.8 Å². The maximum atomic E-state index is 11.8. The van der Waals surface area contributed by atoms with Crippen molar-refractivity contribution in [3.63, 3.8) is 0 Å². The molecule has 1 rings (SSSR count). The molecular formula is C12H24N2OS. The van der Waals surface area contributed by atoms with Crippen molar-refractivity contribution in [2.45, 2.75) is 44.3 Å². The molecule has 94 valence electrons. The molecule has 3 nitrogen and oxygen atoms in total. The third-order valence-electron chi connectivity index (χ3n) is 3.23. The first-order valence-corrected chi connectivity index (χ1v) is 7.18. The lowest BCUT2D eigenvalue weighted by atomic mass is 10.0. The van der Waals surface area contributed by atoms with E-state index in [0.717, 1.165) is 19.4 Å². The fourth-order valence-corrected chi connectivity index (χ4v) is 3.22. The lowest BCUT2D eigenvalue weighted by Gasteiger charge is -2.24. The minimum absolute atomic E-state index is 0.0959. The van der Waals surface area contributed by atoms with Crippen LogP contribution in [0.1, 0.15) is 39.5 Å². The summed E-state index contributed by atoms with van der Waals surface area (Å²) in [5.74, 6) is 1.51. The summed E-state index contributed by atoms with van der Waals surface area (Å²) in [6, 6.07) is 0. The number of carbonyl (C=O) groups is 1. The summed E-state index contributed by atoms with van der Waals surface area (Å²) in [6.07, 6.45) is 4.32. The van der Waals surface area contributed by atoms with E-state index in [0.29, 0.717) is 6.54 Å². The molecule has 1 fully saturated rings. The van der Waals surface area contributed by atoms with Gasteiger partial charge in [0.25, 0.3) is 0 Å². The molecule has 2 unspecified atom stereocenters. The molecule has 0 radical (unpaired) electrons. The van der Waals surface area contributed by atoms with Crippen molar-refractivity contribution in [1.82, 2.24) is 5.32 Å². The van der Waals surface area contributed by atoms with E-state index in [2.05, 4.69) is 12.2 Å². The van der Waals surface area contributed by atoms with Gasteiger partial charge in [0.05, 0.1) is 0 Å². The van der Waals surface area contributed by atoms with Crippen LogP contribution in [-0.2, 0) is 4.79 Å². The summed E-state index contributed by atoms with van der Waals surface area (Å²) >= 11 is 1.98. The number of nitrogens with one attached hydrogen (secondary N) is 1. The summed E-state index contributed by atoms with van der Waals surface area (Å²) in [7, 11) is 0. The van der Waals surface area contributed by atoms with Crippen LogP contribution in [0.5, 0.6) is 0 Å². The second-order valence-electron chi connectivity index (χ2n) is 4.95. The molecule has 2 atom stereocenters. The standard InChI is InChI=1S/C12H24N2OS/c1-10(5-3-7-13)11(15)14-9-12(2)6-4-8-16-12/h10H,3-9,13H2,1-2H3,(H,14,15). The fourth-order valence-electron chi connectivity index (χ4n) is 1.98. The highest BCUT2D eigenvalue weighted by molar-refractivity contribution is 8.00. The van der Waals surface area contributed by atoms with E-state index in [-0.39, 0.29) is 16.6 Å². The van der Waals surface area contributed by atoms with E-state index in [1.54, 1.807) is 0 Å². The highest BCUT2D eigenvalue weighted by Crippen LogP contribution is 2.36. The highest BCUT2D eigenvalue weighted by atomic mass is 32.2. The Bertz CT molecular complexity index is 227. The summed E-state index contributed by atoms with van der Waals surface area (Å²) in [4.78, 5) is 11.8. The Morgan fingerprint density at radius 3 is 2.94 bits per heavy atom. The van der Waals surface area contributed by atoms with Crippen LogP contribution < -0.4 is 11.1 Å². The van der Waals surface area contributed by atoms with Crippen molar-refractivity contribution >= 4 is 17.7 Å². The number of carbonyl (C=O) groups excluding carboxylic acids is 1. The first-order chi connectivity index (χ1) is 7.57. The van der Waals surface area contributed by atoms with Crippen molar-refractivity contribution < 1.29 is 4.79 Å². The van der Waals surface area contributed by atoms with Gasteiger partial charge in [-0.3, -0.25) is 4.79 Å². The molecule has 0 aromatic carbocycles. The molecule has 4 heteroatoms. The van der Waals surface area contributed by atoms with Crippen LogP contribution in [0.4, 0.5) is 0 Å². The maximum Gasteiger partial charge on any atom is 0.222 e. The zero-order valence-corrected chi connectivity index (χ0v) is 11.2. The molecule has 1 amide bonds. The van der Waals surface area contributed by atoms with Crippen molar-refractivity contribution in [3.8, 4) is 0 Å². The van der Waals surface area contributed by atoms with Gasteiger partial charge in [-0.15, -0.1) is 0 Å². The zero-order valence-electron chi connectivity index (χ0n) is 10.4. The van der Waals surface area contributed by atoms with Gasteiger partial charge >= 0.3 is 0 Å². The number of rotatable bonds is 6. The van der Waals surface area contributed by atoms with Gasteiger partial charge in [-0.1, -0.05) is 6.92 Å². The first-order valence-electron chi connectivity index (χ1n) is 6.19. The monoisotopic (exact) mass is 244 g/mol. The zero-order chi connectivity index (χ0) is 12.0. The van der Waals surface area contributed by atoms with E-state index in [4.69, 9.17) is 5.73 Å². The molecule has 0 aliphatic carbocycles. The molecule has 3 N–H and O–H groups in total. The number of hydrogen-bond donors (Lipinski definition) is 2. The number of thioether (sulfide) groups is 1. The predicted molar refractivity (Wildman–Crippen MR) is 70.6 cm³/mol. The van der Waals surface area contributed by atoms with Gasteiger partial charge in [0.15, 0.2) is 0 Å². The van der Waals surface area contributed by atoms with Gasteiger partial charge in [-0.05, 0) is 44.9 Å². The quantitative estimate of drug-likeness (QED) is 0.748. The average molecular weight is 244 g/mol. The highest BCUT2D eigenvalue weighted by Gasteiger charge is 2.30. The normalized spacial score (nSPS) is 26.7. The van der Waals surface area contributed by atoms with Crippen LogP contribution in [0.3, 0.4) is 0 Å². The SMILES string of the molecule is CC(CCCN)C(=O)NCC1(C)CCCS1. The summed E-state index contributed by atoms with van der Waals surface area (Å²) < 4.78 is 0.267. The molecule has 1 saturated heterocycles. The Balaban J connectivity index is 2.23. The van der Waals surface area contributed by atoms with Gasteiger partial charge in [0, 0.05) is 17.2 Å². The molecule has 1 aliphatic rings. The predicted octanol–water partition coefficient (Wildman–Crippen LogP) is 1.76. The maximum absolute atomic E-state index is 11.8. The van der Waals surface area contributed by atoms with Gasteiger partial charge in [0.2, 0.25) is 5.91 Å². The van der Waals surface area contributed by atoms with Gasteiger partial charge in [-0.25, -0.2) is 0 Å². The Labute approximate surface area is 103 Å². The van der Waals surface area contributed by atoms with Crippen LogP contribution in [-0.4, -0.2) is 29.5 Å². The summed E-state index contributed by atoms with van der Waals surface area (Å²) in [5.41, 5.74) is 5.44. The number of nitrogens with two attached hydrogens (primary N) is 1. The molecule has 0 aromatic rings. The fraction of sp³-hybridized carbons (Fsp3) is 0.917. The Hall–Kier alpha value is -0.220. The molecular weight excluding hydrogens is 220 g/mol. The average Bonchev–Trinajstić information content (AvgIpc) is 2.70. The Kier molecular flexibility index (Phi) is 5.62. The minimum Gasteiger partial charge on any atom is -0.354 e. The van der Waals surface area contributed by atoms with Crippen LogP contribution in [0, 0.1) is 5.92 Å². The molecule has 1 aliphatic heterocycles. The van der Waals surface area contributed by atoms with Crippen LogP contribution in [0.2, 0.25) is 0 Å². The van der Waals surface area contributed by atoms with E-state index in [1.807, 2.05) is 18.7 Å². The molecule has 0 bridgehead atoms. The third-order valence-corrected chi connectivity index (χ3v) is 4.76. The van der Waals surface area contributed by atoms with Crippen molar-refractivity contribution in [1.29, 1.82) is 0 Å². The van der Waals surface area contributed by atoms with Crippen molar-refractivity contribution in [3.05, 3.63) is 0 Å². The summed E-state index contributed by atoms with van der Waals surface area (Å²) in [6.45, 7) is 5.71. The minimum atomic E-state index is 0.0959. The van der Waals surface area contributed by atoms with E-state index in [9.17, 15) is 4.79 Å². The molecule has 0 aromatic heterocycles. The smallest absolute Gasteiger partial charge is 0.222 e. The van der Waals surface area contributed by atoms with Crippen LogP contribution in [0.25, 0.3) is 0 Å². The molecule has 16 heavy (non-hydrogen) atoms.